The number of nitrogens with zero attached hydrogens (tertiary/aromatic N) is 2. The van der Waals surface area contributed by atoms with E-state index >= 15 is 0 Å². The lowest BCUT2D eigenvalue weighted by atomic mass is 10.2. The van der Waals surface area contributed by atoms with Gasteiger partial charge in [0.2, 0.25) is 0 Å². The van der Waals surface area contributed by atoms with Gasteiger partial charge in [-0.2, -0.15) is 8.80 Å². The van der Waals surface area contributed by atoms with Crippen LogP contribution in [0.3, 0.4) is 0 Å². The van der Waals surface area contributed by atoms with E-state index in [1.165, 1.54) is 33.0 Å². The molecular formula is C20H16IN3. The number of hydrogen-bond acceptors (Lipinski definition) is 1. The molecule has 0 unspecified atom stereocenters. The van der Waals surface area contributed by atoms with E-state index in [2.05, 4.69) is 87.0 Å². The van der Waals surface area contributed by atoms with E-state index in [-0.39, 0.29) is 24.0 Å². The first-order valence-electron chi connectivity index (χ1n) is 7.80. The number of para-hydroxylation sites is 1. The van der Waals surface area contributed by atoms with Crippen molar-refractivity contribution in [1.82, 2.24) is 4.40 Å². The Kier molecular flexibility index (Phi) is 3.57. The summed E-state index contributed by atoms with van der Waals surface area (Å²) in [7, 11) is 1.95. The molecule has 0 aliphatic rings. The van der Waals surface area contributed by atoms with Gasteiger partial charge in [-0.15, -0.1) is 0 Å². The van der Waals surface area contributed by atoms with E-state index in [0.29, 0.717) is 0 Å². The van der Waals surface area contributed by atoms with E-state index in [1.807, 2.05) is 7.05 Å². The lowest BCUT2D eigenvalue weighted by molar-refractivity contribution is -0.479. The SMILES string of the molecule is CNc1ccc2c(ccc3c[n+]4c5ccccc5ccc4n32)c1.[I-]. The van der Waals surface area contributed by atoms with Crippen molar-refractivity contribution in [3.8, 4) is 0 Å². The van der Waals surface area contributed by atoms with E-state index in [9.17, 15) is 0 Å². The topological polar surface area (TPSA) is 20.5 Å². The van der Waals surface area contributed by atoms with E-state index in [4.69, 9.17) is 0 Å². The summed E-state index contributed by atoms with van der Waals surface area (Å²) in [5, 5.41) is 5.69. The van der Waals surface area contributed by atoms with Crippen molar-refractivity contribution in [2.24, 2.45) is 0 Å². The Hall–Kier alpha value is -2.34. The predicted molar refractivity (Wildman–Crippen MR) is 95.1 cm³/mol. The van der Waals surface area contributed by atoms with Crippen LogP contribution in [0.5, 0.6) is 0 Å². The molecule has 0 fully saturated rings. The minimum Gasteiger partial charge on any atom is -1.00 e. The van der Waals surface area contributed by atoms with Crippen LogP contribution in [0.2, 0.25) is 0 Å². The molecule has 5 aromatic rings. The number of nitrogens with one attached hydrogen (secondary N) is 1. The van der Waals surface area contributed by atoms with Gasteiger partial charge >= 0.3 is 0 Å². The second-order valence-corrected chi connectivity index (χ2v) is 5.87. The van der Waals surface area contributed by atoms with Gasteiger partial charge in [-0.1, -0.05) is 18.2 Å². The van der Waals surface area contributed by atoms with Gasteiger partial charge in [0.25, 0.3) is 5.65 Å². The van der Waals surface area contributed by atoms with Crippen LogP contribution in [0, 0.1) is 0 Å². The second kappa shape index (κ2) is 5.63. The maximum absolute atomic E-state index is 3.21. The standard InChI is InChI=1S/C20H16N3.HI/c1-21-16-8-10-19-15(12-16)6-9-17-13-22-18-5-3-2-4-14(18)7-11-20(22)23(17)19;/h2-13,21H,1H3;1H/q+1;/p-1. The summed E-state index contributed by atoms with van der Waals surface area (Å²) in [6.45, 7) is 0. The Labute approximate surface area is 156 Å². The van der Waals surface area contributed by atoms with Gasteiger partial charge in [-0.25, -0.2) is 0 Å². The van der Waals surface area contributed by atoms with Crippen LogP contribution in [0.25, 0.3) is 33.0 Å². The molecule has 3 nitrogen and oxygen atoms in total. The third-order valence-corrected chi connectivity index (χ3v) is 4.59. The molecule has 0 bridgehead atoms. The van der Waals surface area contributed by atoms with Gasteiger partial charge in [-0.05, 0) is 42.5 Å². The molecule has 0 aliphatic heterocycles. The molecule has 2 aromatic carbocycles. The second-order valence-electron chi connectivity index (χ2n) is 5.87. The Morgan fingerprint density at radius 1 is 0.875 bits per heavy atom. The molecule has 0 radical (unpaired) electrons. The summed E-state index contributed by atoms with van der Waals surface area (Å²) in [4.78, 5) is 0. The molecule has 118 valence electrons. The number of benzene rings is 2. The zero-order chi connectivity index (χ0) is 15.4. The number of imidazole rings is 1. The monoisotopic (exact) mass is 425 g/mol. The third kappa shape index (κ3) is 2.06. The molecule has 24 heavy (non-hydrogen) atoms. The Morgan fingerprint density at radius 2 is 1.71 bits per heavy atom. The Morgan fingerprint density at radius 3 is 2.58 bits per heavy atom. The summed E-state index contributed by atoms with van der Waals surface area (Å²) < 4.78 is 4.59. The molecule has 0 saturated heterocycles. The Bertz CT molecular complexity index is 1210. The minimum atomic E-state index is 0. The average molecular weight is 425 g/mol. The van der Waals surface area contributed by atoms with E-state index < -0.39 is 0 Å². The number of pyridine rings is 2. The maximum atomic E-state index is 3.21. The fourth-order valence-electron chi connectivity index (χ4n) is 3.46. The van der Waals surface area contributed by atoms with Crippen molar-refractivity contribution >= 4 is 38.7 Å². The molecule has 0 amide bonds. The highest BCUT2D eigenvalue weighted by Crippen LogP contribution is 2.23. The summed E-state index contributed by atoms with van der Waals surface area (Å²) >= 11 is 0. The number of rotatable bonds is 1. The van der Waals surface area contributed by atoms with Crippen LogP contribution in [0.15, 0.2) is 72.9 Å². The lowest BCUT2D eigenvalue weighted by Crippen LogP contribution is -3.00. The first-order chi connectivity index (χ1) is 11.3. The lowest BCUT2D eigenvalue weighted by Gasteiger charge is -2.02. The number of aromatic nitrogens is 2. The highest BCUT2D eigenvalue weighted by Gasteiger charge is 2.16. The van der Waals surface area contributed by atoms with Gasteiger partial charge in [0.15, 0.2) is 5.52 Å². The molecule has 0 aliphatic carbocycles. The quantitative estimate of drug-likeness (QED) is 0.315. The molecule has 1 N–H and O–H groups in total. The smallest absolute Gasteiger partial charge is 0.292 e. The minimum absolute atomic E-state index is 0. The fourth-order valence-corrected chi connectivity index (χ4v) is 3.46. The van der Waals surface area contributed by atoms with Crippen molar-refractivity contribution in [2.75, 3.05) is 12.4 Å². The summed E-state index contributed by atoms with van der Waals surface area (Å²) in [6.07, 6.45) is 2.21. The largest absolute Gasteiger partial charge is 1.00 e. The van der Waals surface area contributed by atoms with Crippen LogP contribution in [0.4, 0.5) is 5.69 Å². The molecule has 0 atom stereocenters. The molecule has 3 heterocycles. The zero-order valence-electron chi connectivity index (χ0n) is 13.2. The van der Waals surface area contributed by atoms with Crippen LogP contribution in [-0.4, -0.2) is 11.4 Å². The van der Waals surface area contributed by atoms with E-state index in [1.54, 1.807) is 0 Å². The molecule has 0 saturated carbocycles. The molecular weight excluding hydrogens is 409 g/mol. The van der Waals surface area contributed by atoms with Crippen molar-refractivity contribution in [3.63, 3.8) is 0 Å². The summed E-state index contributed by atoms with van der Waals surface area (Å²) in [5.41, 5.74) is 5.96. The summed E-state index contributed by atoms with van der Waals surface area (Å²) in [6, 6.07) is 23.8. The van der Waals surface area contributed by atoms with Crippen molar-refractivity contribution < 1.29 is 28.4 Å². The normalized spacial score (nSPS) is 11.2. The fraction of sp³-hybridized carbons (Fsp3) is 0.0500. The van der Waals surface area contributed by atoms with Crippen molar-refractivity contribution in [2.45, 2.75) is 0 Å². The molecule has 3 aromatic heterocycles. The van der Waals surface area contributed by atoms with Crippen LogP contribution >= 0.6 is 0 Å². The van der Waals surface area contributed by atoms with Gasteiger partial charge in [0, 0.05) is 29.6 Å². The third-order valence-electron chi connectivity index (χ3n) is 4.59. The number of halogens is 1. The van der Waals surface area contributed by atoms with Gasteiger partial charge in [0.05, 0.1) is 0 Å². The van der Waals surface area contributed by atoms with Crippen molar-refractivity contribution in [1.29, 1.82) is 0 Å². The van der Waals surface area contributed by atoms with Crippen LogP contribution in [-0.2, 0) is 0 Å². The van der Waals surface area contributed by atoms with E-state index in [0.717, 1.165) is 5.69 Å². The maximum Gasteiger partial charge on any atom is 0.292 e. The Balaban J connectivity index is 0.00000146. The highest BCUT2D eigenvalue weighted by atomic mass is 127. The average Bonchev–Trinajstić information content (AvgIpc) is 3.00. The van der Waals surface area contributed by atoms with Crippen LogP contribution < -0.4 is 33.7 Å². The first-order valence-corrected chi connectivity index (χ1v) is 7.80. The van der Waals surface area contributed by atoms with Gasteiger partial charge < -0.3 is 29.3 Å². The molecule has 5 rings (SSSR count). The number of hydrogen-bond donors (Lipinski definition) is 1. The van der Waals surface area contributed by atoms with Crippen molar-refractivity contribution in [3.05, 3.63) is 72.9 Å². The first kappa shape index (κ1) is 15.2. The van der Waals surface area contributed by atoms with Gasteiger partial charge in [-0.3, -0.25) is 0 Å². The number of fused-ring (bicyclic) bond motifs is 7. The molecule has 4 heteroatoms. The highest BCUT2D eigenvalue weighted by molar-refractivity contribution is 5.87. The molecule has 0 spiro atoms. The van der Waals surface area contributed by atoms with Gasteiger partial charge in [0.1, 0.15) is 17.2 Å². The summed E-state index contributed by atoms with van der Waals surface area (Å²) in [5.74, 6) is 0. The number of anilines is 1. The zero-order valence-corrected chi connectivity index (χ0v) is 15.4. The predicted octanol–water partition coefficient (Wildman–Crippen LogP) is 1.03. The van der Waals surface area contributed by atoms with Crippen LogP contribution in [0.1, 0.15) is 0 Å².